The van der Waals surface area contributed by atoms with Gasteiger partial charge in [-0.1, -0.05) is 57.5 Å². The first-order valence-corrected chi connectivity index (χ1v) is 18.5. The summed E-state index contributed by atoms with van der Waals surface area (Å²) >= 11 is 0. The Hall–Kier alpha value is -2.49. The lowest BCUT2D eigenvalue weighted by Crippen LogP contribution is -2.65. The minimum atomic E-state index is -4.16. The standard InChI is InChI=1S/C37H53NO7S/c1-22(2)12-11-15-26(34(42)38-46(43,44)25-13-9-8-10-14-25)32-28-20-30(41)33-35(5)18-17-29(40)23(3)27(35)16-19-36(33,6)37(28,7)21-31(32)45-24(4)39/h8-10,12-14,23,27-31,33,40-41H,11,15-21H2,1-7H3,(H,38,42)/b32-26-/t23-,27-,28-,29+,30+,31-,33?,35-,36-,37-/m0/s1. The molecule has 0 heterocycles. The number of amides is 1. The Balaban J connectivity index is 1.63. The van der Waals surface area contributed by atoms with Crippen LogP contribution in [0.3, 0.4) is 0 Å². The van der Waals surface area contributed by atoms with Crippen molar-refractivity contribution in [1.29, 1.82) is 0 Å². The van der Waals surface area contributed by atoms with Crippen LogP contribution in [-0.2, 0) is 24.3 Å². The molecule has 9 heteroatoms. The van der Waals surface area contributed by atoms with Crippen molar-refractivity contribution in [3.8, 4) is 0 Å². The molecule has 0 spiro atoms. The molecule has 5 rings (SSSR count). The molecular formula is C37H53NO7S. The third-order valence-corrected chi connectivity index (χ3v) is 14.2. The zero-order valence-corrected chi connectivity index (χ0v) is 29.3. The average Bonchev–Trinajstić information content (AvgIpc) is 3.24. The van der Waals surface area contributed by atoms with Crippen LogP contribution in [0.15, 0.2) is 58.0 Å². The molecule has 4 fully saturated rings. The molecule has 254 valence electrons. The lowest BCUT2D eigenvalue weighted by atomic mass is 9.36. The molecule has 0 saturated heterocycles. The van der Waals surface area contributed by atoms with E-state index in [-0.39, 0.29) is 46.0 Å². The maximum Gasteiger partial charge on any atom is 0.303 e. The fraction of sp³-hybridized carbons (Fsp3) is 0.676. The van der Waals surface area contributed by atoms with Crippen molar-refractivity contribution in [3.63, 3.8) is 0 Å². The number of sulfonamides is 1. The minimum Gasteiger partial charge on any atom is -0.458 e. The number of allylic oxidation sites excluding steroid dienone is 2. The molecule has 0 radical (unpaired) electrons. The summed E-state index contributed by atoms with van der Waals surface area (Å²) in [5, 5.41) is 23.0. The van der Waals surface area contributed by atoms with Crippen LogP contribution in [0.4, 0.5) is 0 Å². The Morgan fingerprint density at radius 1 is 1.00 bits per heavy atom. The average molecular weight is 656 g/mol. The molecular weight excluding hydrogens is 602 g/mol. The van der Waals surface area contributed by atoms with Gasteiger partial charge in [-0.3, -0.25) is 9.59 Å². The van der Waals surface area contributed by atoms with E-state index in [0.717, 1.165) is 24.8 Å². The summed E-state index contributed by atoms with van der Waals surface area (Å²) in [7, 11) is -4.16. The van der Waals surface area contributed by atoms with Gasteiger partial charge in [0.2, 0.25) is 0 Å². The number of hydrogen-bond donors (Lipinski definition) is 3. The first-order chi connectivity index (χ1) is 21.5. The predicted molar refractivity (Wildman–Crippen MR) is 177 cm³/mol. The van der Waals surface area contributed by atoms with Gasteiger partial charge in [0.15, 0.2) is 0 Å². The Morgan fingerprint density at radius 2 is 1.67 bits per heavy atom. The van der Waals surface area contributed by atoms with Crippen LogP contribution in [-0.4, -0.2) is 48.8 Å². The molecule has 10 atom stereocenters. The molecule has 4 saturated carbocycles. The first kappa shape index (κ1) is 34.8. The smallest absolute Gasteiger partial charge is 0.303 e. The summed E-state index contributed by atoms with van der Waals surface area (Å²) in [5.74, 6) is -1.06. The second-order valence-electron chi connectivity index (χ2n) is 15.6. The maximum absolute atomic E-state index is 14.2. The predicted octanol–water partition coefficient (Wildman–Crippen LogP) is 6.09. The van der Waals surface area contributed by atoms with Crippen LogP contribution in [0.1, 0.15) is 99.8 Å². The number of fused-ring (bicyclic) bond motifs is 5. The molecule has 46 heavy (non-hydrogen) atoms. The highest BCUT2D eigenvalue weighted by atomic mass is 32.2. The molecule has 1 amide bonds. The third-order valence-electron chi connectivity index (χ3n) is 12.9. The normalized spacial score (nSPS) is 39.7. The number of aliphatic hydroxyl groups is 2. The van der Waals surface area contributed by atoms with Crippen molar-refractivity contribution >= 4 is 21.9 Å². The number of hydrogen-bond acceptors (Lipinski definition) is 7. The van der Waals surface area contributed by atoms with Gasteiger partial charge in [-0.15, -0.1) is 0 Å². The van der Waals surface area contributed by atoms with Gasteiger partial charge >= 0.3 is 5.97 Å². The number of benzene rings is 1. The topological polar surface area (TPSA) is 130 Å². The molecule has 3 N–H and O–H groups in total. The summed E-state index contributed by atoms with van der Waals surface area (Å²) in [6.07, 6.45) is 5.30. The van der Waals surface area contributed by atoms with Gasteiger partial charge in [0.05, 0.1) is 17.1 Å². The van der Waals surface area contributed by atoms with E-state index < -0.39 is 39.5 Å². The van der Waals surface area contributed by atoms with Crippen molar-refractivity contribution in [2.75, 3.05) is 0 Å². The Kier molecular flexibility index (Phi) is 9.48. The molecule has 1 unspecified atom stereocenters. The van der Waals surface area contributed by atoms with Crippen LogP contribution < -0.4 is 4.72 Å². The van der Waals surface area contributed by atoms with Crippen LogP contribution >= 0.6 is 0 Å². The number of nitrogens with one attached hydrogen (secondary N) is 1. The fourth-order valence-corrected chi connectivity index (χ4v) is 11.6. The van der Waals surface area contributed by atoms with E-state index >= 15 is 0 Å². The molecule has 1 aromatic rings. The molecule has 8 nitrogen and oxygen atoms in total. The number of esters is 1. The van der Waals surface area contributed by atoms with Gasteiger partial charge in [-0.05, 0) is 123 Å². The summed E-state index contributed by atoms with van der Waals surface area (Å²) in [6.45, 7) is 14.3. The maximum atomic E-state index is 14.2. The Bertz CT molecular complexity index is 1510. The quantitative estimate of drug-likeness (QED) is 0.184. The van der Waals surface area contributed by atoms with E-state index in [1.165, 1.54) is 19.1 Å². The monoisotopic (exact) mass is 655 g/mol. The van der Waals surface area contributed by atoms with E-state index in [1.54, 1.807) is 18.2 Å². The lowest BCUT2D eigenvalue weighted by molar-refractivity contribution is -0.234. The van der Waals surface area contributed by atoms with Crippen LogP contribution in [0.25, 0.3) is 0 Å². The fourth-order valence-electron chi connectivity index (χ4n) is 10.6. The van der Waals surface area contributed by atoms with Crippen molar-refractivity contribution in [2.24, 2.45) is 39.9 Å². The van der Waals surface area contributed by atoms with E-state index in [1.807, 2.05) is 19.9 Å². The number of ether oxygens (including phenoxy) is 1. The van der Waals surface area contributed by atoms with E-state index in [9.17, 15) is 28.2 Å². The lowest BCUT2D eigenvalue weighted by Gasteiger charge is -2.69. The van der Waals surface area contributed by atoms with E-state index in [2.05, 4.69) is 32.4 Å². The van der Waals surface area contributed by atoms with Gasteiger partial charge in [0.1, 0.15) is 6.10 Å². The third kappa shape index (κ3) is 5.79. The second kappa shape index (κ2) is 12.5. The summed E-state index contributed by atoms with van der Waals surface area (Å²) in [5.41, 5.74) is 1.10. The second-order valence-corrected chi connectivity index (χ2v) is 17.3. The van der Waals surface area contributed by atoms with Crippen molar-refractivity contribution < 1.29 is 33.0 Å². The van der Waals surface area contributed by atoms with Crippen molar-refractivity contribution in [2.45, 2.75) is 123 Å². The van der Waals surface area contributed by atoms with Crippen molar-refractivity contribution in [3.05, 3.63) is 53.1 Å². The largest absolute Gasteiger partial charge is 0.458 e. The number of carbonyl (C=O) groups is 2. The van der Waals surface area contributed by atoms with Gasteiger partial charge in [0, 0.05) is 12.5 Å². The zero-order valence-electron chi connectivity index (χ0n) is 28.5. The molecule has 0 bridgehead atoms. The van der Waals surface area contributed by atoms with Crippen LogP contribution in [0.5, 0.6) is 0 Å². The van der Waals surface area contributed by atoms with E-state index in [4.69, 9.17) is 4.74 Å². The SMILES string of the molecule is CC(=O)O[C@H]1C[C@@]2(C)[C@@H](C[C@@H](O)C3[C@]2(C)CC[C@H]2[C@H](C)[C@H](O)CC[C@]32C)/C1=C(\CCC=C(C)C)C(=O)NS(=O)(=O)c1ccccc1. The highest BCUT2D eigenvalue weighted by Gasteiger charge is 2.70. The molecule has 0 aromatic heterocycles. The Labute approximate surface area is 275 Å². The van der Waals surface area contributed by atoms with Gasteiger partial charge in [-0.25, -0.2) is 13.1 Å². The number of carbonyl (C=O) groups excluding carboxylic acids is 2. The molecule has 1 aromatic carbocycles. The summed E-state index contributed by atoms with van der Waals surface area (Å²) in [6, 6.07) is 7.82. The van der Waals surface area contributed by atoms with Gasteiger partial charge in [-0.2, -0.15) is 0 Å². The van der Waals surface area contributed by atoms with Crippen LogP contribution in [0, 0.1) is 39.9 Å². The number of aliphatic hydroxyl groups excluding tert-OH is 2. The Morgan fingerprint density at radius 3 is 2.30 bits per heavy atom. The summed E-state index contributed by atoms with van der Waals surface area (Å²) < 4.78 is 35.0. The van der Waals surface area contributed by atoms with Gasteiger partial charge in [0.25, 0.3) is 15.9 Å². The van der Waals surface area contributed by atoms with Crippen LogP contribution in [0.2, 0.25) is 0 Å². The minimum absolute atomic E-state index is 0.00920. The highest BCUT2D eigenvalue weighted by Crippen LogP contribution is 2.74. The molecule has 0 aliphatic heterocycles. The highest BCUT2D eigenvalue weighted by molar-refractivity contribution is 7.90. The zero-order chi connectivity index (χ0) is 33.8. The molecule has 4 aliphatic carbocycles. The van der Waals surface area contributed by atoms with Gasteiger partial charge < -0.3 is 14.9 Å². The van der Waals surface area contributed by atoms with Crippen molar-refractivity contribution in [1.82, 2.24) is 4.72 Å². The molecule has 4 aliphatic rings. The van der Waals surface area contributed by atoms with E-state index in [0.29, 0.717) is 42.7 Å². The summed E-state index contributed by atoms with van der Waals surface area (Å²) in [4.78, 5) is 26.7. The number of rotatable bonds is 7. The first-order valence-electron chi connectivity index (χ1n) is 17.0.